The summed E-state index contributed by atoms with van der Waals surface area (Å²) in [5.41, 5.74) is 2.88. The highest BCUT2D eigenvalue weighted by Crippen LogP contribution is 2.14. The van der Waals surface area contributed by atoms with Gasteiger partial charge in [0.25, 0.3) is 0 Å². The van der Waals surface area contributed by atoms with E-state index in [1.165, 1.54) is 37.3 Å². The van der Waals surface area contributed by atoms with Crippen LogP contribution in [0.15, 0.2) is 24.3 Å². The first-order valence-electron chi connectivity index (χ1n) is 7.56. The second-order valence-electron chi connectivity index (χ2n) is 6.05. The summed E-state index contributed by atoms with van der Waals surface area (Å²) in [5, 5.41) is 8.96. The largest absolute Gasteiger partial charge is 0.391 e. The van der Waals surface area contributed by atoms with Crippen molar-refractivity contribution >= 4 is 0 Å². The van der Waals surface area contributed by atoms with Crippen LogP contribution in [-0.2, 0) is 6.54 Å². The molecule has 3 nitrogen and oxygen atoms in total. The van der Waals surface area contributed by atoms with Gasteiger partial charge in [-0.25, -0.2) is 0 Å². The van der Waals surface area contributed by atoms with Crippen LogP contribution in [0.4, 0.5) is 0 Å². The SMILES string of the molecule is CC(C)c1ccc(C[NH+]2CC[NH+](CCO)CC2)cc1. The second-order valence-corrected chi connectivity index (χ2v) is 6.05. The molecule has 0 aliphatic carbocycles. The van der Waals surface area contributed by atoms with Gasteiger partial charge in [-0.3, -0.25) is 0 Å². The normalized spacial score (nSPS) is 23.8. The highest BCUT2D eigenvalue weighted by molar-refractivity contribution is 5.24. The first-order valence-corrected chi connectivity index (χ1v) is 7.56. The highest BCUT2D eigenvalue weighted by Gasteiger charge is 2.22. The first-order chi connectivity index (χ1) is 9.19. The molecule has 0 spiro atoms. The molecule has 1 aliphatic rings. The summed E-state index contributed by atoms with van der Waals surface area (Å²) >= 11 is 0. The van der Waals surface area contributed by atoms with Gasteiger partial charge in [0.15, 0.2) is 0 Å². The molecule has 0 saturated carbocycles. The molecular formula is C16H28N2O+2. The molecule has 1 heterocycles. The van der Waals surface area contributed by atoms with Crippen LogP contribution in [0.1, 0.15) is 30.9 Å². The lowest BCUT2D eigenvalue weighted by Gasteiger charge is -2.29. The summed E-state index contributed by atoms with van der Waals surface area (Å²) in [7, 11) is 0. The molecule has 1 aromatic rings. The maximum Gasteiger partial charge on any atom is 0.127 e. The van der Waals surface area contributed by atoms with Gasteiger partial charge in [-0.05, 0) is 11.5 Å². The van der Waals surface area contributed by atoms with Gasteiger partial charge in [0.2, 0.25) is 0 Å². The lowest BCUT2D eigenvalue weighted by Crippen LogP contribution is -3.27. The Hall–Kier alpha value is -0.900. The minimum Gasteiger partial charge on any atom is -0.391 e. The average molecular weight is 264 g/mol. The Kier molecular flexibility index (Phi) is 5.37. The number of aliphatic hydroxyl groups excluding tert-OH is 1. The Morgan fingerprint density at radius 2 is 1.58 bits per heavy atom. The quantitative estimate of drug-likeness (QED) is 0.631. The van der Waals surface area contributed by atoms with Crippen LogP contribution in [0, 0.1) is 0 Å². The zero-order valence-corrected chi connectivity index (χ0v) is 12.3. The molecule has 0 aromatic heterocycles. The van der Waals surface area contributed by atoms with E-state index in [-0.39, 0.29) is 0 Å². The molecule has 0 atom stereocenters. The van der Waals surface area contributed by atoms with E-state index in [4.69, 9.17) is 5.11 Å². The monoisotopic (exact) mass is 264 g/mol. The summed E-state index contributed by atoms with van der Waals surface area (Å²) < 4.78 is 0. The Balaban J connectivity index is 1.82. The van der Waals surface area contributed by atoms with E-state index in [0.717, 1.165) is 13.1 Å². The van der Waals surface area contributed by atoms with Crippen LogP contribution < -0.4 is 9.80 Å². The molecule has 3 heteroatoms. The van der Waals surface area contributed by atoms with E-state index in [1.807, 2.05) is 0 Å². The van der Waals surface area contributed by atoms with Crippen molar-refractivity contribution in [3.63, 3.8) is 0 Å². The van der Waals surface area contributed by atoms with Gasteiger partial charge in [-0.1, -0.05) is 38.1 Å². The molecule has 1 fully saturated rings. The molecule has 1 aromatic carbocycles. The average Bonchev–Trinajstić information content (AvgIpc) is 2.42. The molecule has 1 saturated heterocycles. The number of quaternary nitrogens is 2. The smallest absolute Gasteiger partial charge is 0.127 e. The van der Waals surface area contributed by atoms with E-state index < -0.39 is 0 Å². The molecule has 0 amide bonds. The predicted molar refractivity (Wildman–Crippen MR) is 77.6 cm³/mol. The molecule has 1 aliphatic heterocycles. The molecule has 0 bridgehead atoms. The minimum atomic E-state index is 0.321. The van der Waals surface area contributed by atoms with Crippen LogP contribution in [0.25, 0.3) is 0 Å². The molecule has 0 unspecified atom stereocenters. The lowest BCUT2D eigenvalue weighted by molar-refractivity contribution is -1.02. The number of aliphatic hydroxyl groups is 1. The van der Waals surface area contributed by atoms with Crippen LogP contribution in [0.5, 0.6) is 0 Å². The van der Waals surface area contributed by atoms with Crippen LogP contribution in [0.3, 0.4) is 0 Å². The third kappa shape index (κ3) is 4.30. The lowest BCUT2D eigenvalue weighted by atomic mass is 10.0. The van der Waals surface area contributed by atoms with Gasteiger partial charge in [0.1, 0.15) is 39.3 Å². The standard InChI is InChI=1S/C16H26N2O/c1-14(2)16-5-3-15(4-6-16)13-18-9-7-17(8-10-18)11-12-19/h3-6,14,19H,7-13H2,1-2H3/p+2. The summed E-state index contributed by atoms with van der Waals surface area (Å²) in [6.07, 6.45) is 0. The Morgan fingerprint density at radius 1 is 1.00 bits per heavy atom. The molecule has 2 rings (SSSR count). The van der Waals surface area contributed by atoms with Crippen LogP contribution >= 0.6 is 0 Å². The fraction of sp³-hybridized carbons (Fsp3) is 0.625. The van der Waals surface area contributed by atoms with Crippen molar-refractivity contribution in [2.24, 2.45) is 0 Å². The van der Waals surface area contributed by atoms with Gasteiger partial charge in [0, 0.05) is 5.56 Å². The van der Waals surface area contributed by atoms with E-state index in [0.29, 0.717) is 12.5 Å². The van der Waals surface area contributed by atoms with Crippen molar-refractivity contribution in [3.8, 4) is 0 Å². The van der Waals surface area contributed by atoms with Gasteiger partial charge in [0.05, 0.1) is 6.61 Å². The Morgan fingerprint density at radius 3 is 2.11 bits per heavy atom. The number of benzene rings is 1. The maximum atomic E-state index is 8.96. The number of nitrogens with one attached hydrogen (secondary N) is 2. The Bertz CT molecular complexity index is 367. The fourth-order valence-corrected chi connectivity index (χ4v) is 2.85. The number of rotatable bonds is 5. The molecule has 3 N–H and O–H groups in total. The van der Waals surface area contributed by atoms with Crippen molar-refractivity contribution in [3.05, 3.63) is 35.4 Å². The summed E-state index contributed by atoms with van der Waals surface area (Å²) in [4.78, 5) is 3.24. The van der Waals surface area contributed by atoms with E-state index in [1.54, 1.807) is 9.80 Å². The number of hydrogen-bond donors (Lipinski definition) is 3. The van der Waals surface area contributed by atoms with Gasteiger partial charge < -0.3 is 14.9 Å². The van der Waals surface area contributed by atoms with Crippen LogP contribution in [0.2, 0.25) is 0 Å². The number of piperazine rings is 1. The molecular weight excluding hydrogens is 236 g/mol. The van der Waals surface area contributed by atoms with Gasteiger partial charge >= 0.3 is 0 Å². The topological polar surface area (TPSA) is 29.1 Å². The van der Waals surface area contributed by atoms with E-state index in [2.05, 4.69) is 38.1 Å². The number of hydrogen-bond acceptors (Lipinski definition) is 1. The van der Waals surface area contributed by atoms with Gasteiger partial charge in [-0.15, -0.1) is 0 Å². The van der Waals surface area contributed by atoms with Crippen molar-refractivity contribution in [1.29, 1.82) is 0 Å². The minimum absolute atomic E-state index is 0.321. The first kappa shape index (κ1) is 14.5. The van der Waals surface area contributed by atoms with Crippen molar-refractivity contribution < 1.29 is 14.9 Å². The molecule has 19 heavy (non-hydrogen) atoms. The third-order valence-corrected chi connectivity index (χ3v) is 4.23. The van der Waals surface area contributed by atoms with Gasteiger partial charge in [-0.2, -0.15) is 0 Å². The summed E-state index contributed by atoms with van der Waals surface area (Å²) in [6, 6.07) is 9.12. The summed E-state index contributed by atoms with van der Waals surface area (Å²) in [5.74, 6) is 0.618. The highest BCUT2D eigenvalue weighted by atomic mass is 16.3. The zero-order chi connectivity index (χ0) is 13.7. The Labute approximate surface area is 116 Å². The third-order valence-electron chi connectivity index (χ3n) is 4.23. The van der Waals surface area contributed by atoms with E-state index in [9.17, 15) is 0 Å². The maximum absolute atomic E-state index is 8.96. The van der Waals surface area contributed by atoms with Crippen molar-refractivity contribution in [1.82, 2.24) is 0 Å². The predicted octanol–water partition coefficient (Wildman–Crippen LogP) is -0.914. The van der Waals surface area contributed by atoms with Crippen molar-refractivity contribution in [2.75, 3.05) is 39.3 Å². The zero-order valence-electron chi connectivity index (χ0n) is 12.3. The fourth-order valence-electron chi connectivity index (χ4n) is 2.85. The van der Waals surface area contributed by atoms with E-state index >= 15 is 0 Å². The summed E-state index contributed by atoms with van der Waals surface area (Å²) in [6.45, 7) is 11.7. The van der Waals surface area contributed by atoms with Crippen molar-refractivity contribution in [2.45, 2.75) is 26.3 Å². The second kappa shape index (κ2) is 7.04. The van der Waals surface area contributed by atoms with Crippen LogP contribution in [-0.4, -0.2) is 44.4 Å². The molecule has 106 valence electrons. The molecule has 0 radical (unpaired) electrons.